The van der Waals surface area contributed by atoms with Gasteiger partial charge in [0.25, 0.3) is 0 Å². The van der Waals surface area contributed by atoms with E-state index in [1.807, 2.05) is 66.7 Å². The average Bonchev–Trinajstić information content (AvgIpc) is 3.06. The first-order chi connectivity index (χ1) is 23.1. The zero-order chi connectivity index (χ0) is 36.9. The van der Waals surface area contributed by atoms with Crippen molar-refractivity contribution >= 4 is 0 Å². The van der Waals surface area contributed by atoms with Crippen LogP contribution < -0.4 is 0 Å². The summed E-state index contributed by atoms with van der Waals surface area (Å²) in [6.07, 6.45) is 0. The summed E-state index contributed by atoms with van der Waals surface area (Å²) in [6, 6.07) is 38.5. The molecule has 0 aliphatic heterocycles. The van der Waals surface area contributed by atoms with Crippen molar-refractivity contribution in [1.82, 2.24) is 4.98 Å². The molecule has 262 valence electrons. The number of benzene rings is 4. The molecule has 0 aliphatic carbocycles. The Morgan fingerprint density at radius 1 is 0.300 bits per heavy atom. The van der Waals surface area contributed by atoms with E-state index in [-0.39, 0.29) is 21.7 Å². The molecule has 3 nitrogen and oxygen atoms in total. The molecular weight excluding hydrogens is 611 g/mol. The minimum absolute atomic E-state index is 0.0370. The number of aromatic nitrogens is 1. The molecule has 0 unspecified atom stereocenters. The van der Waals surface area contributed by atoms with Gasteiger partial charge in [-0.15, -0.1) is 0 Å². The summed E-state index contributed by atoms with van der Waals surface area (Å²) in [4.78, 5) is 5.21. The predicted molar refractivity (Wildman–Crippen MR) is 209 cm³/mol. The maximum atomic E-state index is 13.1. The van der Waals surface area contributed by atoms with E-state index in [9.17, 15) is 10.2 Å². The van der Waals surface area contributed by atoms with Crippen molar-refractivity contribution in [3.8, 4) is 0 Å². The Balaban J connectivity index is 1.75. The highest BCUT2D eigenvalue weighted by Crippen LogP contribution is 2.42. The lowest BCUT2D eigenvalue weighted by atomic mass is 9.77. The standard InChI is InChI=1S/C47H57NO2/c1-42(2,3)32-16-24-36(25-17-32)46(49,37-26-18-33(19-27-37)43(4,5)6)40-14-13-15-41(48-40)47(50,38-28-20-34(21-29-38)44(7,8)9)39-30-22-35(23-31-39)45(10,11)12/h13-31,49-50H,1-12H3. The van der Waals surface area contributed by atoms with E-state index >= 15 is 0 Å². The van der Waals surface area contributed by atoms with Crippen molar-refractivity contribution in [2.75, 3.05) is 0 Å². The molecule has 0 spiro atoms. The van der Waals surface area contributed by atoms with E-state index in [1.165, 1.54) is 22.3 Å². The first-order valence-electron chi connectivity index (χ1n) is 17.9. The average molecular weight is 668 g/mol. The largest absolute Gasteiger partial charge is 0.374 e. The Morgan fingerprint density at radius 3 is 0.660 bits per heavy atom. The second-order valence-corrected chi connectivity index (χ2v) is 18.1. The number of hydrogen-bond acceptors (Lipinski definition) is 3. The van der Waals surface area contributed by atoms with Crippen LogP contribution in [0.1, 0.15) is 139 Å². The van der Waals surface area contributed by atoms with Gasteiger partial charge in [0, 0.05) is 0 Å². The van der Waals surface area contributed by atoms with Crippen LogP contribution in [-0.2, 0) is 32.9 Å². The van der Waals surface area contributed by atoms with E-state index in [4.69, 9.17) is 4.98 Å². The SMILES string of the molecule is CC(C)(C)c1ccc(C(O)(c2ccc(C(C)(C)C)cc2)c2cccc(C(O)(c3ccc(C(C)(C)C)cc3)c3ccc(C(C)(C)C)cc3)n2)cc1. The fourth-order valence-corrected chi connectivity index (χ4v) is 6.61. The van der Waals surface area contributed by atoms with E-state index in [0.29, 0.717) is 33.6 Å². The van der Waals surface area contributed by atoms with Crippen LogP contribution in [0.3, 0.4) is 0 Å². The highest BCUT2D eigenvalue weighted by Gasteiger charge is 2.40. The molecule has 0 saturated heterocycles. The zero-order valence-electron chi connectivity index (χ0n) is 32.3. The minimum atomic E-state index is -1.59. The molecule has 5 rings (SSSR count). The number of nitrogens with zero attached hydrogens (tertiary/aromatic N) is 1. The van der Waals surface area contributed by atoms with Gasteiger partial charge in [-0.25, -0.2) is 0 Å². The third kappa shape index (κ3) is 7.22. The van der Waals surface area contributed by atoms with Crippen molar-refractivity contribution in [1.29, 1.82) is 0 Å². The van der Waals surface area contributed by atoms with E-state index in [1.54, 1.807) is 0 Å². The van der Waals surface area contributed by atoms with Gasteiger partial charge in [0.1, 0.15) is 0 Å². The summed E-state index contributed by atoms with van der Waals surface area (Å²) in [5, 5.41) is 26.1. The Bertz CT molecular complexity index is 1650. The number of aliphatic hydroxyl groups is 2. The predicted octanol–water partition coefficient (Wildman–Crippen LogP) is 10.8. The van der Waals surface area contributed by atoms with Gasteiger partial charge in [-0.05, 0) is 78.3 Å². The van der Waals surface area contributed by atoms with Gasteiger partial charge < -0.3 is 10.2 Å². The summed E-state index contributed by atoms with van der Waals surface area (Å²) in [6.45, 7) is 26.3. The lowest BCUT2D eigenvalue weighted by Gasteiger charge is -2.34. The normalized spacial score (nSPS) is 13.4. The Morgan fingerprint density at radius 2 is 0.480 bits per heavy atom. The van der Waals surface area contributed by atoms with Gasteiger partial charge in [-0.1, -0.05) is 186 Å². The Kier molecular flexibility index (Phi) is 9.62. The van der Waals surface area contributed by atoms with Gasteiger partial charge in [0.2, 0.25) is 0 Å². The molecule has 5 aromatic rings. The molecule has 2 N–H and O–H groups in total. The van der Waals surface area contributed by atoms with Gasteiger partial charge in [0.15, 0.2) is 11.2 Å². The highest BCUT2D eigenvalue weighted by molar-refractivity contribution is 5.51. The molecule has 0 fully saturated rings. The van der Waals surface area contributed by atoms with Crippen LogP contribution in [0.15, 0.2) is 115 Å². The highest BCUT2D eigenvalue weighted by atomic mass is 16.3. The van der Waals surface area contributed by atoms with Crippen LogP contribution >= 0.6 is 0 Å². The second-order valence-electron chi connectivity index (χ2n) is 18.1. The molecule has 50 heavy (non-hydrogen) atoms. The fourth-order valence-electron chi connectivity index (χ4n) is 6.61. The molecule has 0 radical (unpaired) electrons. The van der Waals surface area contributed by atoms with Crippen molar-refractivity contribution in [3.05, 3.63) is 171 Å². The number of hydrogen-bond donors (Lipinski definition) is 2. The minimum Gasteiger partial charge on any atom is -0.374 e. The van der Waals surface area contributed by atoms with Crippen LogP contribution in [0.2, 0.25) is 0 Å². The molecule has 3 heteroatoms. The van der Waals surface area contributed by atoms with E-state index in [0.717, 1.165) is 0 Å². The maximum Gasteiger partial charge on any atom is 0.157 e. The van der Waals surface area contributed by atoms with Crippen molar-refractivity contribution in [2.45, 2.75) is 116 Å². The molecule has 0 saturated carbocycles. The summed E-state index contributed by atoms with van der Waals surface area (Å²) in [5.74, 6) is 0. The number of pyridine rings is 1. The first-order valence-corrected chi connectivity index (χ1v) is 17.9. The first kappa shape index (κ1) is 37.2. The monoisotopic (exact) mass is 667 g/mol. The van der Waals surface area contributed by atoms with Crippen LogP contribution in [0.5, 0.6) is 0 Å². The molecule has 1 aromatic heterocycles. The van der Waals surface area contributed by atoms with Crippen LogP contribution in [0, 0.1) is 0 Å². The maximum absolute atomic E-state index is 13.1. The summed E-state index contributed by atoms with van der Waals surface area (Å²) >= 11 is 0. The summed E-state index contributed by atoms with van der Waals surface area (Å²) in [7, 11) is 0. The van der Waals surface area contributed by atoms with E-state index in [2.05, 4.69) is 132 Å². The van der Waals surface area contributed by atoms with Crippen molar-refractivity contribution in [3.63, 3.8) is 0 Å². The molecule has 0 amide bonds. The Hall–Kier alpha value is -4.05. The fraction of sp³-hybridized carbons (Fsp3) is 0.383. The van der Waals surface area contributed by atoms with Crippen molar-refractivity contribution in [2.24, 2.45) is 0 Å². The van der Waals surface area contributed by atoms with Gasteiger partial charge in [0.05, 0.1) is 11.4 Å². The zero-order valence-corrected chi connectivity index (χ0v) is 32.3. The molecule has 0 bridgehead atoms. The molecule has 4 aromatic carbocycles. The molecule has 0 atom stereocenters. The lowest BCUT2D eigenvalue weighted by molar-refractivity contribution is 0.109. The summed E-state index contributed by atoms with van der Waals surface area (Å²) in [5.41, 5.74) is 5.14. The third-order valence-corrected chi connectivity index (χ3v) is 10.2. The summed E-state index contributed by atoms with van der Waals surface area (Å²) < 4.78 is 0. The second kappa shape index (κ2) is 12.9. The Labute approximate surface area is 301 Å². The van der Waals surface area contributed by atoms with Crippen LogP contribution in [0.4, 0.5) is 0 Å². The number of rotatable bonds is 6. The smallest absolute Gasteiger partial charge is 0.157 e. The third-order valence-electron chi connectivity index (χ3n) is 10.2. The molecule has 0 aliphatic rings. The van der Waals surface area contributed by atoms with Gasteiger partial charge in [-0.3, -0.25) is 4.98 Å². The van der Waals surface area contributed by atoms with E-state index < -0.39 is 11.2 Å². The molecular formula is C47H57NO2. The van der Waals surface area contributed by atoms with Gasteiger partial charge in [-0.2, -0.15) is 0 Å². The quantitative estimate of drug-likeness (QED) is 0.189. The topological polar surface area (TPSA) is 53.4 Å². The van der Waals surface area contributed by atoms with Crippen LogP contribution in [0.25, 0.3) is 0 Å². The van der Waals surface area contributed by atoms with Crippen molar-refractivity contribution < 1.29 is 10.2 Å². The van der Waals surface area contributed by atoms with Crippen LogP contribution in [-0.4, -0.2) is 15.2 Å². The van der Waals surface area contributed by atoms with Gasteiger partial charge >= 0.3 is 0 Å². The lowest BCUT2D eigenvalue weighted by Crippen LogP contribution is -2.34. The molecule has 1 heterocycles.